The van der Waals surface area contributed by atoms with Gasteiger partial charge in [-0.3, -0.25) is 4.79 Å². The van der Waals surface area contributed by atoms with E-state index >= 15 is 0 Å². The fourth-order valence-corrected chi connectivity index (χ4v) is 3.48. The van der Waals surface area contributed by atoms with Gasteiger partial charge < -0.3 is 0 Å². The zero-order valence-electron chi connectivity index (χ0n) is 11.2. The van der Waals surface area contributed by atoms with Crippen molar-refractivity contribution in [2.24, 2.45) is 5.92 Å². The van der Waals surface area contributed by atoms with Crippen LogP contribution in [-0.2, 0) is 4.79 Å². The monoisotopic (exact) mass is 280 g/mol. The van der Waals surface area contributed by atoms with E-state index < -0.39 is 0 Å². The Morgan fingerprint density at radius 1 is 1.26 bits per heavy atom. The Labute approximate surface area is 119 Å². The summed E-state index contributed by atoms with van der Waals surface area (Å²) in [7, 11) is 0. The molecule has 19 heavy (non-hydrogen) atoms. The number of rotatable bonds is 6. The summed E-state index contributed by atoms with van der Waals surface area (Å²) in [4.78, 5) is 12.7. The molecule has 0 bridgehead atoms. The van der Waals surface area contributed by atoms with Gasteiger partial charge in [-0.1, -0.05) is 38.2 Å². The molecule has 1 aliphatic carbocycles. The van der Waals surface area contributed by atoms with Crippen molar-refractivity contribution in [2.75, 3.05) is 5.75 Å². The standard InChI is InChI=1S/C16H21FOS/c17-14-7-4-8-16(11-14)19-12-15(18)10-9-13-5-2-1-3-6-13/h4,7-8,11,13H,1-3,5-6,9-10,12H2. The van der Waals surface area contributed by atoms with E-state index in [-0.39, 0.29) is 5.82 Å². The molecule has 1 saturated carbocycles. The van der Waals surface area contributed by atoms with Gasteiger partial charge in [0.2, 0.25) is 0 Å². The minimum atomic E-state index is -0.236. The predicted octanol–water partition coefficient (Wildman–Crippen LogP) is 4.85. The highest BCUT2D eigenvalue weighted by atomic mass is 32.2. The molecule has 0 aliphatic heterocycles. The van der Waals surface area contributed by atoms with Crippen LogP contribution in [0.5, 0.6) is 0 Å². The average molecular weight is 280 g/mol. The summed E-state index contributed by atoms with van der Waals surface area (Å²) in [6, 6.07) is 6.44. The van der Waals surface area contributed by atoms with E-state index in [1.807, 2.05) is 6.07 Å². The second kappa shape index (κ2) is 7.68. The highest BCUT2D eigenvalue weighted by Gasteiger charge is 2.14. The van der Waals surface area contributed by atoms with Crippen LogP contribution in [0.25, 0.3) is 0 Å². The van der Waals surface area contributed by atoms with Gasteiger partial charge in [-0.05, 0) is 30.5 Å². The third kappa shape index (κ3) is 5.35. The Balaban J connectivity index is 1.66. The van der Waals surface area contributed by atoms with Crippen molar-refractivity contribution in [3.63, 3.8) is 0 Å². The van der Waals surface area contributed by atoms with Crippen LogP contribution in [0, 0.1) is 11.7 Å². The Morgan fingerprint density at radius 3 is 2.79 bits per heavy atom. The second-order valence-electron chi connectivity index (χ2n) is 5.33. The Kier molecular flexibility index (Phi) is 5.90. The fourth-order valence-electron chi connectivity index (χ4n) is 2.63. The molecule has 1 aromatic rings. The normalized spacial score (nSPS) is 16.5. The van der Waals surface area contributed by atoms with Gasteiger partial charge in [0.05, 0.1) is 5.75 Å². The maximum absolute atomic E-state index is 13.0. The van der Waals surface area contributed by atoms with Gasteiger partial charge in [0.25, 0.3) is 0 Å². The molecule has 0 aromatic heterocycles. The molecular formula is C16H21FOS. The SMILES string of the molecule is O=C(CCC1CCCCC1)CSc1cccc(F)c1. The minimum absolute atomic E-state index is 0.236. The first-order chi connectivity index (χ1) is 9.24. The van der Waals surface area contributed by atoms with Crippen molar-refractivity contribution in [2.45, 2.75) is 49.8 Å². The molecule has 1 aromatic carbocycles. The summed E-state index contributed by atoms with van der Waals surface area (Å²) >= 11 is 1.44. The van der Waals surface area contributed by atoms with Crippen LogP contribution in [-0.4, -0.2) is 11.5 Å². The van der Waals surface area contributed by atoms with Gasteiger partial charge in [-0.15, -0.1) is 11.8 Å². The predicted molar refractivity (Wildman–Crippen MR) is 77.9 cm³/mol. The highest BCUT2D eigenvalue weighted by molar-refractivity contribution is 8.00. The van der Waals surface area contributed by atoms with Crippen LogP contribution in [0.1, 0.15) is 44.9 Å². The summed E-state index contributed by atoms with van der Waals surface area (Å²) in [6.07, 6.45) is 8.35. The number of ketones is 1. The van der Waals surface area contributed by atoms with E-state index in [1.54, 1.807) is 6.07 Å². The number of carbonyl (C=O) groups excluding carboxylic acids is 1. The van der Waals surface area contributed by atoms with Crippen molar-refractivity contribution in [1.29, 1.82) is 0 Å². The minimum Gasteiger partial charge on any atom is -0.299 e. The smallest absolute Gasteiger partial charge is 0.143 e. The van der Waals surface area contributed by atoms with E-state index in [0.29, 0.717) is 18.0 Å². The first kappa shape index (κ1) is 14.6. The number of thioether (sulfide) groups is 1. The number of benzene rings is 1. The first-order valence-corrected chi connectivity index (χ1v) is 8.12. The summed E-state index contributed by atoms with van der Waals surface area (Å²) < 4.78 is 13.0. The van der Waals surface area contributed by atoms with Gasteiger partial charge in [-0.2, -0.15) is 0 Å². The molecule has 0 N–H and O–H groups in total. The van der Waals surface area contributed by atoms with Crippen LogP contribution in [0.3, 0.4) is 0 Å². The van der Waals surface area contributed by atoms with Crippen LogP contribution >= 0.6 is 11.8 Å². The Morgan fingerprint density at radius 2 is 2.05 bits per heavy atom. The van der Waals surface area contributed by atoms with E-state index in [9.17, 15) is 9.18 Å². The molecular weight excluding hydrogens is 259 g/mol. The topological polar surface area (TPSA) is 17.1 Å². The number of halogens is 1. The van der Waals surface area contributed by atoms with Gasteiger partial charge in [0.1, 0.15) is 11.6 Å². The summed E-state index contributed by atoms with van der Waals surface area (Å²) in [5, 5.41) is 0. The molecule has 0 unspecified atom stereocenters. The summed E-state index contributed by atoms with van der Waals surface area (Å²) in [6.45, 7) is 0. The highest BCUT2D eigenvalue weighted by Crippen LogP contribution is 2.28. The van der Waals surface area contributed by atoms with Crippen molar-refractivity contribution >= 4 is 17.5 Å². The molecule has 1 fully saturated rings. The zero-order chi connectivity index (χ0) is 13.5. The van der Waals surface area contributed by atoms with Crippen molar-refractivity contribution < 1.29 is 9.18 Å². The molecule has 0 amide bonds. The lowest BCUT2D eigenvalue weighted by molar-refractivity contribution is -0.116. The third-order valence-electron chi connectivity index (χ3n) is 3.75. The van der Waals surface area contributed by atoms with Crippen LogP contribution in [0.4, 0.5) is 4.39 Å². The number of Topliss-reactive ketones (excluding diaryl/α,β-unsaturated/α-hetero) is 1. The Bertz CT molecular complexity index is 413. The van der Waals surface area contributed by atoms with E-state index in [1.165, 1.54) is 56.0 Å². The van der Waals surface area contributed by atoms with Crippen molar-refractivity contribution in [1.82, 2.24) is 0 Å². The molecule has 104 valence electrons. The van der Waals surface area contributed by atoms with E-state index in [4.69, 9.17) is 0 Å². The largest absolute Gasteiger partial charge is 0.299 e. The average Bonchev–Trinajstić information content (AvgIpc) is 2.44. The van der Waals surface area contributed by atoms with Crippen LogP contribution in [0.15, 0.2) is 29.2 Å². The number of carbonyl (C=O) groups is 1. The van der Waals surface area contributed by atoms with E-state index in [2.05, 4.69) is 0 Å². The molecule has 2 rings (SSSR count). The molecule has 0 atom stereocenters. The molecule has 0 spiro atoms. The summed E-state index contributed by atoms with van der Waals surface area (Å²) in [5.41, 5.74) is 0. The van der Waals surface area contributed by atoms with Crippen molar-refractivity contribution in [3.8, 4) is 0 Å². The van der Waals surface area contributed by atoms with Gasteiger partial charge in [0.15, 0.2) is 0 Å². The molecule has 1 aliphatic rings. The lowest BCUT2D eigenvalue weighted by atomic mass is 9.86. The van der Waals surface area contributed by atoms with E-state index in [0.717, 1.165) is 17.2 Å². The zero-order valence-corrected chi connectivity index (χ0v) is 12.1. The maximum Gasteiger partial charge on any atom is 0.143 e. The second-order valence-corrected chi connectivity index (χ2v) is 6.38. The fraction of sp³-hybridized carbons (Fsp3) is 0.562. The molecule has 3 heteroatoms. The molecule has 0 saturated heterocycles. The van der Waals surface area contributed by atoms with Crippen LogP contribution in [0.2, 0.25) is 0 Å². The summed E-state index contributed by atoms with van der Waals surface area (Å²) in [5.74, 6) is 1.28. The van der Waals surface area contributed by atoms with Crippen LogP contribution < -0.4 is 0 Å². The third-order valence-corrected chi connectivity index (χ3v) is 4.81. The molecule has 0 heterocycles. The maximum atomic E-state index is 13.0. The van der Waals surface area contributed by atoms with Gasteiger partial charge in [0, 0.05) is 11.3 Å². The first-order valence-electron chi connectivity index (χ1n) is 7.14. The molecule has 0 radical (unpaired) electrons. The molecule has 1 nitrogen and oxygen atoms in total. The quantitative estimate of drug-likeness (QED) is 0.693. The van der Waals surface area contributed by atoms with Crippen molar-refractivity contribution in [3.05, 3.63) is 30.1 Å². The Hall–Kier alpha value is -0.830. The number of hydrogen-bond acceptors (Lipinski definition) is 2. The lowest BCUT2D eigenvalue weighted by Gasteiger charge is -2.20. The van der Waals surface area contributed by atoms with Gasteiger partial charge in [-0.25, -0.2) is 4.39 Å². The van der Waals surface area contributed by atoms with Gasteiger partial charge >= 0.3 is 0 Å². The lowest BCUT2D eigenvalue weighted by Crippen LogP contribution is -2.10. The number of hydrogen-bond donors (Lipinski definition) is 0.